The summed E-state index contributed by atoms with van der Waals surface area (Å²) in [6.07, 6.45) is 8.97. The highest BCUT2D eigenvalue weighted by molar-refractivity contribution is 5.51. The summed E-state index contributed by atoms with van der Waals surface area (Å²) >= 11 is 0. The fourth-order valence-corrected chi connectivity index (χ4v) is 2.21. The van der Waals surface area contributed by atoms with Gasteiger partial charge in [-0.1, -0.05) is 42.5 Å². The molecular formula is C20H24O2. The Hall–Kier alpha value is -2.22. The number of unbranched alkanes of at least 4 members (excludes halogenated alkanes) is 3. The van der Waals surface area contributed by atoms with Gasteiger partial charge in [-0.2, -0.15) is 0 Å². The molecule has 0 heterocycles. The van der Waals surface area contributed by atoms with E-state index >= 15 is 0 Å². The molecule has 2 nitrogen and oxygen atoms in total. The van der Waals surface area contributed by atoms with Crippen LogP contribution in [-0.4, -0.2) is 13.7 Å². The highest BCUT2D eigenvalue weighted by atomic mass is 16.5. The topological polar surface area (TPSA) is 18.5 Å². The standard InChI is InChI=1S/C20H24O2/c1-21-20-15-10-12-18(17-20)11-6-3-2-4-9-16-22-19-13-7-5-8-14-19/h5-8,10-15,17H,2-4,9,16H2,1H3/b11-6-. The molecular weight excluding hydrogens is 272 g/mol. The molecule has 0 aromatic heterocycles. The molecule has 2 aromatic carbocycles. The highest BCUT2D eigenvalue weighted by Crippen LogP contribution is 2.14. The molecule has 2 aromatic rings. The van der Waals surface area contributed by atoms with Crippen molar-refractivity contribution in [3.63, 3.8) is 0 Å². The predicted molar refractivity (Wildman–Crippen MR) is 92.4 cm³/mol. The van der Waals surface area contributed by atoms with Gasteiger partial charge < -0.3 is 9.47 Å². The van der Waals surface area contributed by atoms with Gasteiger partial charge in [-0.15, -0.1) is 0 Å². The summed E-state index contributed by atoms with van der Waals surface area (Å²) in [4.78, 5) is 0. The van der Waals surface area contributed by atoms with Gasteiger partial charge in [0, 0.05) is 0 Å². The largest absolute Gasteiger partial charge is 0.497 e. The number of ether oxygens (including phenoxy) is 2. The number of benzene rings is 2. The van der Waals surface area contributed by atoms with E-state index in [1.54, 1.807) is 7.11 Å². The molecule has 0 aliphatic rings. The first kappa shape index (κ1) is 16.2. The van der Waals surface area contributed by atoms with E-state index < -0.39 is 0 Å². The summed E-state index contributed by atoms with van der Waals surface area (Å²) in [5, 5.41) is 0. The van der Waals surface area contributed by atoms with Crippen molar-refractivity contribution in [3.8, 4) is 11.5 Å². The number of methoxy groups -OCH3 is 1. The number of hydrogen-bond donors (Lipinski definition) is 0. The van der Waals surface area contributed by atoms with Crippen LogP contribution < -0.4 is 9.47 Å². The van der Waals surface area contributed by atoms with Crippen LogP contribution in [0.3, 0.4) is 0 Å². The number of para-hydroxylation sites is 1. The normalized spacial score (nSPS) is 10.8. The summed E-state index contributed by atoms with van der Waals surface area (Å²) in [6.45, 7) is 0.795. The van der Waals surface area contributed by atoms with Crippen LogP contribution in [0.4, 0.5) is 0 Å². The van der Waals surface area contributed by atoms with E-state index in [0.29, 0.717) is 0 Å². The molecule has 0 fully saturated rings. The van der Waals surface area contributed by atoms with Crippen molar-refractivity contribution in [1.29, 1.82) is 0 Å². The fourth-order valence-electron chi connectivity index (χ4n) is 2.21. The molecule has 0 N–H and O–H groups in total. The van der Waals surface area contributed by atoms with Crippen molar-refractivity contribution in [3.05, 3.63) is 66.2 Å². The molecule has 0 radical (unpaired) electrons. The average Bonchev–Trinajstić information content (AvgIpc) is 2.58. The molecule has 2 heteroatoms. The number of hydrogen-bond acceptors (Lipinski definition) is 2. The van der Waals surface area contributed by atoms with E-state index in [9.17, 15) is 0 Å². The Morgan fingerprint density at radius 2 is 1.68 bits per heavy atom. The Labute approximate surface area is 133 Å². The maximum absolute atomic E-state index is 5.68. The maximum atomic E-state index is 5.68. The summed E-state index contributed by atoms with van der Waals surface area (Å²) in [5.74, 6) is 1.86. The number of allylic oxidation sites excluding steroid dienone is 1. The molecule has 116 valence electrons. The molecule has 0 spiro atoms. The lowest BCUT2D eigenvalue weighted by molar-refractivity contribution is 0.305. The van der Waals surface area contributed by atoms with Gasteiger partial charge >= 0.3 is 0 Å². The van der Waals surface area contributed by atoms with E-state index in [1.165, 1.54) is 18.4 Å². The average molecular weight is 296 g/mol. The molecule has 0 amide bonds. The lowest BCUT2D eigenvalue weighted by Gasteiger charge is -2.05. The van der Waals surface area contributed by atoms with E-state index in [2.05, 4.69) is 18.2 Å². The monoisotopic (exact) mass is 296 g/mol. The summed E-state index contributed by atoms with van der Waals surface area (Å²) < 4.78 is 10.9. The van der Waals surface area contributed by atoms with Gasteiger partial charge in [0.05, 0.1) is 13.7 Å². The minimum Gasteiger partial charge on any atom is -0.497 e. The zero-order valence-corrected chi connectivity index (χ0v) is 13.2. The smallest absolute Gasteiger partial charge is 0.119 e. The molecule has 2 rings (SSSR count). The maximum Gasteiger partial charge on any atom is 0.119 e. The van der Waals surface area contributed by atoms with Crippen LogP contribution in [0, 0.1) is 0 Å². The Morgan fingerprint density at radius 3 is 2.50 bits per heavy atom. The van der Waals surface area contributed by atoms with Gasteiger partial charge in [0.1, 0.15) is 11.5 Å². The predicted octanol–water partition coefficient (Wildman–Crippen LogP) is 5.35. The lowest BCUT2D eigenvalue weighted by Crippen LogP contribution is -1.96. The van der Waals surface area contributed by atoms with Crippen LogP contribution in [0.15, 0.2) is 60.7 Å². The van der Waals surface area contributed by atoms with Crippen LogP contribution in [0.5, 0.6) is 11.5 Å². The van der Waals surface area contributed by atoms with E-state index in [-0.39, 0.29) is 0 Å². The van der Waals surface area contributed by atoms with Crippen molar-refractivity contribution in [2.24, 2.45) is 0 Å². The van der Waals surface area contributed by atoms with Crippen LogP contribution in [-0.2, 0) is 0 Å². The van der Waals surface area contributed by atoms with Crippen molar-refractivity contribution >= 4 is 6.08 Å². The van der Waals surface area contributed by atoms with Crippen molar-refractivity contribution in [2.75, 3.05) is 13.7 Å². The second-order valence-corrected chi connectivity index (χ2v) is 5.19. The third-order valence-corrected chi connectivity index (χ3v) is 3.43. The van der Waals surface area contributed by atoms with E-state index in [0.717, 1.165) is 30.9 Å². The Morgan fingerprint density at radius 1 is 0.864 bits per heavy atom. The van der Waals surface area contributed by atoms with Gasteiger partial charge in [-0.3, -0.25) is 0 Å². The van der Waals surface area contributed by atoms with Crippen LogP contribution in [0.25, 0.3) is 6.08 Å². The molecule has 0 aliphatic heterocycles. The van der Waals surface area contributed by atoms with Crippen LogP contribution >= 0.6 is 0 Å². The minimum atomic E-state index is 0.795. The Bertz CT molecular complexity index is 561. The van der Waals surface area contributed by atoms with E-state index in [4.69, 9.17) is 9.47 Å². The van der Waals surface area contributed by atoms with Gasteiger partial charge in [0.15, 0.2) is 0 Å². The quantitative estimate of drug-likeness (QED) is 0.581. The Kier molecular flexibility index (Phi) is 7.10. The van der Waals surface area contributed by atoms with Gasteiger partial charge in [0.25, 0.3) is 0 Å². The van der Waals surface area contributed by atoms with Gasteiger partial charge in [-0.25, -0.2) is 0 Å². The first-order valence-corrected chi connectivity index (χ1v) is 7.87. The first-order chi connectivity index (χ1) is 10.9. The third kappa shape index (κ3) is 6.04. The van der Waals surface area contributed by atoms with Crippen molar-refractivity contribution in [2.45, 2.75) is 25.7 Å². The Balaban J connectivity index is 1.56. The molecule has 0 saturated carbocycles. The van der Waals surface area contributed by atoms with Crippen LogP contribution in [0.1, 0.15) is 31.2 Å². The third-order valence-electron chi connectivity index (χ3n) is 3.43. The number of rotatable bonds is 9. The molecule has 0 aliphatic carbocycles. The second kappa shape index (κ2) is 9.67. The van der Waals surface area contributed by atoms with Gasteiger partial charge in [0.2, 0.25) is 0 Å². The zero-order chi connectivity index (χ0) is 15.5. The highest BCUT2D eigenvalue weighted by Gasteiger charge is 1.93. The molecule has 0 saturated heterocycles. The van der Waals surface area contributed by atoms with Crippen molar-refractivity contribution in [1.82, 2.24) is 0 Å². The SMILES string of the molecule is COc1cccc(/C=C\CCCCCOc2ccccc2)c1. The lowest BCUT2D eigenvalue weighted by atomic mass is 10.1. The summed E-state index contributed by atoms with van der Waals surface area (Å²) in [6, 6.07) is 18.1. The van der Waals surface area contributed by atoms with Crippen LogP contribution in [0.2, 0.25) is 0 Å². The van der Waals surface area contributed by atoms with Crippen molar-refractivity contribution < 1.29 is 9.47 Å². The first-order valence-electron chi connectivity index (χ1n) is 7.87. The molecule has 0 unspecified atom stereocenters. The fraction of sp³-hybridized carbons (Fsp3) is 0.300. The second-order valence-electron chi connectivity index (χ2n) is 5.19. The summed E-state index contributed by atoms with van der Waals surface area (Å²) in [7, 11) is 1.69. The molecule has 22 heavy (non-hydrogen) atoms. The molecule has 0 bridgehead atoms. The summed E-state index contributed by atoms with van der Waals surface area (Å²) in [5.41, 5.74) is 1.19. The molecule has 0 atom stereocenters. The minimum absolute atomic E-state index is 0.795. The van der Waals surface area contributed by atoms with E-state index in [1.807, 2.05) is 48.5 Å². The zero-order valence-electron chi connectivity index (χ0n) is 13.2. The van der Waals surface area contributed by atoms with Gasteiger partial charge in [-0.05, 0) is 55.5 Å².